The molecule has 0 bridgehead atoms. The number of carbonyl (C=O) groups excluding carboxylic acids is 2. The molecule has 0 atom stereocenters. The van der Waals surface area contributed by atoms with E-state index >= 15 is 0 Å². The highest BCUT2D eigenvalue weighted by Gasteiger charge is 2.19. The molecule has 3 N–H and O–H groups in total. The van der Waals surface area contributed by atoms with E-state index in [0.29, 0.717) is 23.5 Å². The van der Waals surface area contributed by atoms with E-state index in [-0.39, 0.29) is 11.9 Å². The van der Waals surface area contributed by atoms with Gasteiger partial charge in [0, 0.05) is 36.7 Å². The van der Waals surface area contributed by atoms with Gasteiger partial charge in [0.15, 0.2) is 0 Å². The Bertz CT molecular complexity index is 861. The summed E-state index contributed by atoms with van der Waals surface area (Å²) >= 11 is 0. The van der Waals surface area contributed by atoms with E-state index in [1.807, 2.05) is 19.1 Å². The van der Waals surface area contributed by atoms with E-state index < -0.39 is 0 Å². The number of benzene rings is 2. The lowest BCUT2D eigenvalue weighted by atomic mass is 10.1. The molecule has 2 aromatic carbocycles. The summed E-state index contributed by atoms with van der Waals surface area (Å²) in [7, 11) is 1.59. The number of urea groups is 1. The third-order valence-electron chi connectivity index (χ3n) is 5.08. The average molecular weight is 411 g/mol. The van der Waals surface area contributed by atoms with Gasteiger partial charge in [0.05, 0.1) is 12.7 Å². The van der Waals surface area contributed by atoms with Gasteiger partial charge < -0.3 is 25.6 Å². The minimum absolute atomic E-state index is 0.114. The largest absolute Gasteiger partial charge is 0.497 e. The van der Waals surface area contributed by atoms with Gasteiger partial charge >= 0.3 is 6.03 Å². The summed E-state index contributed by atoms with van der Waals surface area (Å²) in [5, 5.41) is 8.56. The third kappa shape index (κ3) is 5.65. The average Bonchev–Trinajstić information content (AvgIpc) is 2.78. The number of methoxy groups -OCH3 is 1. The maximum Gasteiger partial charge on any atom is 0.323 e. The topological polar surface area (TPSA) is 82.7 Å². The number of piperidine rings is 1. The maximum absolute atomic E-state index is 12.8. The summed E-state index contributed by atoms with van der Waals surface area (Å²) in [6, 6.07) is 12.2. The SMILES string of the molecule is CCCNC(=O)c1cc(NC(=O)Nc2ccc(OC)cc2)ccc1N1CCCCC1. The van der Waals surface area contributed by atoms with Crippen molar-refractivity contribution in [2.24, 2.45) is 0 Å². The van der Waals surface area contributed by atoms with Crippen LogP contribution in [0, 0.1) is 0 Å². The van der Waals surface area contributed by atoms with Gasteiger partial charge in [0.25, 0.3) is 5.91 Å². The molecule has 0 unspecified atom stereocenters. The molecule has 1 aliphatic rings. The number of ether oxygens (including phenoxy) is 1. The zero-order chi connectivity index (χ0) is 21.3. The number of carbonyl (C=O) groups is 2. The second-order valence-electron chi connectivity index (χ2n) is 7.34. The molecule has 7 heteroatoms. The predicted molar refractivity (Wildman–Crippen MR) is 121 cm³/mol. The summed E-state index contributed by atoms with van der Waals surface area (Å²) in [6.45, 7) is 4.53. The highest BCUT2D eigenvalue weighted by atomic mass is 16.5. The van der Waals surface area contributed by atoms with E-state index in [1.165, 1.54) is 6.42 Å². The molecule has 3 amide bonds. The van der Waals surface area contributed by atoms with Crippen LogP contribution in [0.2, 0.25) is 0 Å². The van der Waals surface area contributed by atoms with Crippen LogP contribution >= 0.6 is 0 Å². The summed E-state index contributed by atoms with van der Waals surface area (Å²) in [4.78, 5) is 27.4. The second kappa shape index (κ2) is 10.5. The molecular formula is C23H30N4O3. The fourth-order valence-electron chi connectivity index (χ4n) is 3.51. The molecule has 0 radical (unpaired) electrons. The molecule has 3 rings (SSSR count). The first kappa shape index (κ1) is 21.5. The van der Waals surface area contributed by atoms with Crippen LogP contribution in [0.15, 0.2) is 42.5 Å². The van der Waals surface area contributed by atoms with Crippen LogP contribution in [0.3, 0.4) is 0 Å². The Hall–Kier alpha value is -3.22. The maximum atomic E-state index is 12.8. The summed E-state index contributed by atoms with van der Waals surface area (Å²) in [5.41, 5.74) is 2.74. The van der Waals surface area contributed by atoms with Crippen molar-refractivity contribution in [2.45, 2.75) is 32.6 Å². The van der Waals surface area contributed by atoms with Crippen molar-refractivity contribution >= 4 is 29.0 Å². The number of nitrogens with zero attached hydrogens (tertiary/aromatic N) is 1. The molecule has 0 aromatic heterocycles. The van der Waals surface area contributed by atoms with Gasteiger partial charge in [0.2, 0.25) is 0 Å². The van der Waals surface area contributed by atoms with E-state index in [0.717, 1.165) is 43.8 Å². The van der Waals surface area contributed by atoms with Gasteiger partial charge in [-0.3, -0.25) is 4.79 Å². The summed E-state index contributed by atoms with van der Waals surface area (Å²) in [6.07, 6.45) is 4.34. The van der Waals surface area contributed by atoms with Crippen molar-refractivity contribution in [3.05, 3.63) is 48.0 Å². The molecule has 0 spiro atoms. The molecule has 1 heterocycles. The zero-order valence-electron chi connectivity index (χ0n) is 17.7. The molecule has 2 aromatic rings. The first-order chi connectivity index (χ1) is 14.6. The van der Waals surface area contributed by atoms with Crippen LogP contribution in [0.5, 0.6) is 5.75 Å². The predicted octanol–water partition coefficient (Wildman–Crippen LogP) is 4.47. The Morgan fingerprint density at radius 2 is 1.63 bits per heavy atom. The van der Waals surface area contributed by atoms with E-state index in [1.54, 1.807) is 37.4 Å². The molecular weight excluding hydrogens is 380 g/mol. The van der Waals surface area contributed by atoms with Crippen molar-refractivity contribution in [2.75, 3.05) is 42.3 Å². The molecule has 1 fully saturated rings. The molecule has 160 valence electrons. The highest BCUT2D eigenvalue weighted by molar-refractivity contribution is 6.04. The number of amides is 3. The molecule has 30 heavy (non-hydrogen) atoms. The van der Waals surface area contributed by atoms with Gasteiger partial charge in [-0.2, -0.15) is 0 Å². The standard InChI is InChI=1S/C23H30N4O3/c1-3-13-24-22(28)20-16-18(9-12-21(20)27-14-5-4-6-15-27)26-23(29)25-17-7-10-19(30-2)11-8-17/h7-12,16H,3-6,13-15H2,1-2H3,(H,24,28)(H2,25,26,29). The lowest BCUT2D eigenvalue weighted by Gasteiger charge is -2.30. The molecule has 1 aliphatic heterocycles. The van der Waals surface area contributed by atoms with Crippen molar-refractivity contribution in [3.63, 3.8) is 0 Å². The van der Waals surface area contributed by atoms with Crippen LogP contribution in [-0.4, -0.2) is 38.7 Å². The van der Waals surface area contributed by atoms with Crippen LogP contribution in [0.25, 0.3) is 0 Å². The van der Waals surface area contributed by atoms with Crippen molar-refractivity contribution in [1.29, 1.82) is 0 Å². The van der Waals surface area contributed by atoms with E-state index in [9.17, 15) is 9.59 Å². The lowest BCUT2D eigenvalue weighted by molar-refractivity contribution is 0.0954. The van der Waals surface area contributed by atoms with Gasteiger partial charge in [-0.25, -0.2) is 4.79 Å². The minimum atomic E-state index is -0.370. The Morgan fingerprint density at radius 3 is 2.30 bits per heavy atom. The van der Waals surface area contributed by atoms with Gasteiger partial charge in [-0.1, -0.05) is 6.92 Å². The lowest BCUT2D eigenvalue weighted by Crippen LogP contribution is -2.33. The Kier molecular flexibility index (Phi) is 7.54. The first-order valence-electron chi connectivity index (χ1n) is 10.5. The molecule has 1 saturated heterocycles. The van der Waals surface area contributed by atoms with Gasteiger partial charge in [-0.15, -0.1) is 0 Å². The normalized spacial score (nSPS) is 13.5. The fourth-order valence-corrected chi connectivity index (χ4v) is 3.51. The minimum Gasteiger partial charge on any atom is -0.497 e. The smallest absolute Gasteiger partial charge is 0.323 e. The van der Waals surface area contributed by atoms with E-state index in [2.05, 4.69) is 20.9 Å². The Morgan fingerprint density at radius 1 is 0.967 bits per heavy atom. The monoisotopic (exact) mass is 410 g/mol. The van der Waals surface area contributed by atoms with Crippen molar-refractivity contribution < 1.29 is 14.3 Å². The van der Waals surface area contributed by atoms with Crippen LogP contribution in [0.1, 0.15) is 43.0 Å². The molecule has 7 nitrogen and oxygen atoms in total. The van der Waals surface area contributed by atoms with Crippen LogP contribution < -0.4 is 25.6 Å². The fraction of sp³-hybridized carbons (Fsp3) is 0.391. The number of anilines is 3. The number of hydrogen-bond acceptors (Lipinski definition) is 4. The van der Waals surface area contributed by atoms with Gasteiger partial charge in [0.1, 0.15) is 5.75 Å². The number of hydrogen-bond donors (Lipinski definition) is 3. The van der Waals surface area contributed by atoms with Gasteiger partial charge in [-0.05, 0) is 68.1 Å². The third-order valence-corrected chi connectivity index (χ3v) is 5.08. The van der Waals surface area contributed by atoms with Crippen molar-refractivity contribution in [1.82, 2.24) is 5.32 Å². The highest BCUT2D eigenvalue weighted by Crippen LogP contribution is 2.27. The summed E-state index contributed by atoms with van der Waals surface area (Å²) in [5.74, 6) is 0.605. The quantitative estimate of drug-likeness (QED) is 0.629. The second-order valence-corrected chi connectivity index (χ2v) is 7.34. The van der Waals surface area contributed by atoms with Crippen molar-refractivity contribution in [3.8, 4) is 5.75 Å². The van der Waals surface area contributed by atoms with Crippen LogP contribution in [-0.2, 0) is 0 Å². The number of rotatable bonds is 7. The summed E-state index contributed by atoms with van der Waals surface area (Å²) < 4.78 is 5.12. The molecule has 0 aliphatic carbocycles. The van der Waals surface area contributed by atoms with E-state index in [4.69, 9.17) is 4.74 Å². The van der Waals surface area contributed by atoms with Crippen LogP contribution in [0.4, 0.5) is 21.9 Å². The Labute approximate surface area is 177 Å². The first-order valence-corrected chi connectivity index (χ1v) is 10.5. The molecule has 0 saturated carbocycles. The number of nitrogens with one attached hydrogen (secondary N) is 3. The Balaban J connectivity index is 1.74. The zero-order valence-corrected chi connectivity index (χ0v) is 17.7.